The van der Waals surface area contributed by atoms with Crippen LogP contribution in [0.4, 0.5) is 5.82 Å². The molecule has 8 heteroatoms. The first kappa shape index (κ1) is 12.3. The summed E-state index contributed by atoms with van der Waals surface area (Å²) >= 11 is 0. The van der Waals surface area contributed by atoms with Crippen molar-refractivity contribution < 1.29 is 13.5 Å². The molecule has 0 radical (unpaired) electrons. The van der Waals surface area contributed by atoms with Gasteiger partial charge in [-0.3, -0.25) is 0 Å². The lowest BCUT2D eigenvalue weighted by molar-refractivity contribution is 0.155. The summed E-state index contributed by atoms with van der Waals surface area (Å²) in [7, 11) is -2.16. The van der Waals surface area contributed by atoms with Crippen LogP contribution in [0.25, 0.3) is 0 Å². The number of nitrogen functional groups attached to an aromatic ring is 1. The third-order valence-electron chi connectivity index (χ3n) is 2.81. The molecule has 0 spiro atoms. The molecule has 1 fully saturated rings. The van der Waals surface area contributed by atoms with Gasteiger partial charge in [0.2, 0.25) is 0 Å². The van der Waals surface area contributed by atoms with Crippen LogP contribution in [0, 0.1) is 5.92 Å². The summed E-state index contributed by atoms with van der Waals surface area (Å²) in [6.07, 6.45) is 2.62. The predicted molar refractivity (Wildman–Crippen MR) is 61.5 cm³/mol. The zero-order chi connectivity index (χ0) is 12.6. The maximum absolute atomic E-state index is 11.9. The Balaban J connectivity index is 2.08. The lowest BCUT2D eigenvalue weighted by Gasteiger charge is -2.11. The number of anilines is 1. The first-order valence-electron chi connectivity index (χ1n) is 5.36. The van der Waals surface area contributed by atoms with E-state index in [1.807, 2.05) is 0 Å². The highest BCUT2D eigenvalue weighted by molar-refractivity contribution is 7.89. The number of aliphatic hydroxyl groups excluding tert-OH is 1. The first-order valence-corrected chi connectivity index (χ1v) is 6.84. The van der Waals surface area contributed by atoms with Gasteiger partial charge in [-0.1, -0.05) is 0 Å². The maximum Gasteiger partial charge on any atom is 0.260 e. The Kier molecular flexibility index (Phi) is 3.11. The van der Waals surface area contributed by atoms with Gasteiger partial charge < -0.3 is 15.4 Å². The quantitative estimate of drug-likeness (QED) is 0.632. The van der Waals surface area contributed by atoms with Crippen LogP contribution in [-0.4, -0.2) is 35.7 Å². The highest BCUT2D eigenvalue weighted by atomic mass is 32.2. The molecule has 0 amide bonds. The fourth-order valence-electron chi connectivity index (χ4n) is 1.68. The van der Waals surface area contributed by atoms with Crippen molar-refractivity contribution in [1.29, 1.82) is 0 Å². The highest BCUT2D eigenvalue weighted by Gasteiger charge is 2.31. The number of sulfonamides is 1. The number of aryl methyl sites for hydroxylation is 1. The van der Waals surface area contributed by atoms with E-state index in [0.717, 1.165) is 12.8 Å². The van der Waals surface area contributed by atoms with Crippen molar-refractivity contribution >= 4 is 15.8 Å². The number of hydrogen-bond acceptors (Lipinski definition) is 5. The molecule has 1 heterocycles. The molecule has 1 unspecified atom stereocenters. The van der Waals surface area contributed by atoms with Crippen molar-refractivity contribution in [3.63, 3.8) is 0 Å². The highest BCUT2D eigenvalue weighted by Crippen LogP contribution is 2.32. The Hall–Kier alpha value is -1.12. The minimum Gasteiger partial charge on any atom is -0.391 e. The van der Waals surface area contributed by atoms with Gasteiger partial charge in [0.25, 0.3) is 10.0 Å². The van der Waals surface area contributed by atoms with Gasteiger partial charge in [-0.15, -0.1) is 0 Å². The lowest BCUT2D eigenvalue weighted by Crippen LogP contribution is -2.34. The Bertz CT molecular complexity index is 487. The minimum atomic E-state index is -3.71. The minimum absolute atomic E-state index is 0.0115. The van der Waals surface area contributed by atoms with Gasteiger partial charge in [0.05, 0.1) is 12.4 Å². The van der Waals surface area contributed by atoms with Crippen LogP contribution in [0.1, 0.15) is 12.8 Å². The molecule has 1 saturated carbocycles. The molecule has 0 aliphatic heterocycles. The molecule has 1 aromatic heterocycles. The van der Waals surface area contributed by atoms with E-state index in [0.29, 0.717) is 0 Å². The van der Waals surface area contributed by atoms with Crippen LogP contribution in [0.15, 0.2) is 11.4 Å². The largest absolute Gasteiger partial charge is 0.391 e. The summed E-state index contributed by atoms with van der Waals surface area (Å²) in [5.41, 5.74) is 5.49. The molecule has 0 saturated heterocycles. The van der Waals surface area contributed by atoms with Crippen LogP contribution < -0.4 is 10.5 Å². The number of nitrogens with two attached hydrogens (primary N) is 1. The maximum atomic E-state index is 11.9. The lowest BCUT2D eigenvalue weighted by atomic mass is 10.2. The molecule has 7 nitrogen and oxygen atoms in total. The number of hydrogen-bond donors (Lipinski definition) is 3. The van der Waals surface area contributed by atoms with Crippen LogP contribution >= 0.6 is 0 Å². The number of aliphatic hydroxyl groups is 1. The Morgan fingerprint density at radius 2 is 2.35 bits per heavy atom. The van der Waals surface area contributed by atoms with E-state index < -0.39 is 16.1 Å². The topological polar surface area (TPSA) is 110 Å². The SMILES string of the molecule is Cn1cnc(N)c1S(=O)(=O)NCC(O)C1CC1. The predicted octanol–water partition coefficient (Wildman–Crippen LogP) is -0.948. The first-order chi connectivity index (χ1) is 7.92. The van der Waals surface area contributed by atoms with Gasteiger partial charge in [0, 0.05) is 13.6 Å². The van der Waals surface area contributed by atoms with E-state index in [9.17, 15) is 13.5 Å². The van der Waals surface area contributed by atoms with Crippen LogP contribution in [0.5, 0.6) is 0 Å². The summed E-state index contributed by atoms with van der Waals surface area (Å²) in [4.78, 5) is 3.72. The third-order valence-corrected chi connectivity index (χ3v) is 4.37. The number of nitrogens with one attached hydrogen (secondary N) is 1. The molecular formula is C9H16N4O3S. The molecule has 1 atom stereocenters. The molecule has 17 heavy (non-hydrogen) atoms. The van der Waals surface area contributed by atoms with Crippen LogP contribution in [0.3, 0.4) is 0 Å². The number of rotatable bonds is 5. The average molecular weight is 260 g/mol. The van der Waals surface area contributed by atoms with E-state index in [4.69, 9.17) is 5.73 Å². The molecule has 96 valence electrons. The van der Waals surface area contributed by atoms with Gasteiger partial charge in [0.1, 0.15) is 0 Å². The monoisotopic (exact) mass is 260 g/mol. The number of nitrogens with zero attached hydrogens (tertiary/aromatic N) is 2. The zero-order valence-electron chi connectivity index (χ0n) is 9.50. The van der Waals surface area contributed by atoms with Crippen LogP contribution in [0.2, 0.25) is 0 Å². The second-order valence-corrected chi connectivity index (χ2v) is 5.98. The van der Waals surface area contributed by atoms with E-state index >= 15 is 0 Å². The van der Waals surface area contributed by atoms with E-state index in [-0.39, 0.29) is 23.3 Å². The molecule has 0 aromatic carbocycles. The summed E-state index contributed by atoms with van der Waals surface area (Å²) in [6, 6.07) is 0. The van der Waals surface area contributed by atoms with Gasteiger partial charge >= 0.3 is 0 Å². The second-order valence-electron chi connectivity index (χ2n) is 4.30. The van der Waals surface area contributed by atoms with E-state index in [1.54, 1.807) is 7.05 Å². The molecule has 1 aliphatic carbocycles. The average Bonchev–Trinajstić information content (AvgIpc) is 3.02. The van der Waals surface area contributed by atoms with Crippen molar-refractivity contribution in [2.45, 2.75) is 24.0 Å². The second kappa shape index (κ2) is 4.28. The van der Waals surface area contributed by atoms with Gasteiger partial charge in [-0.05, 0) is 18.8 Å². The van der Waals surface area contributed by atoms with Crippen molar-refractivity contribution in [1.82, 2.24) is 14.3 Å². The molecule has 2 rings (SSSR count). The van der Waals surface area contributed by atoms with Crippen molar-refractivity contribution in [3.05, 3.63) is 6.33 Å². The Labute approximate surface area is 99.7 Å². The van der Waals surface area contributed by atoms with Crippen LogP contribution in [-0.2, 0) is 17.1 Å². The summed E-state index contributed by atoms with van der Waals surface area (Å²) < 4.78 is 27.5. The van der Waals surface area contributed by atoms with Gasteiger partial charge in [-0.2, -0.15) is 0 Å². The Morgan fingerprint density at radius 1 is 1.71 bits per heavy atom. The van der Waals surface area contributed by atoms with E-state index in [2.05, 4.69) is 9.71 Å². The summed E-state index contributed by atoms with van der Waals surface area (Å²) in [5, 5.41) is 9.54. The zero-order valence-corrected chi connectivity index (χ0v) is 10.3. The van der Waals surface area contributed by atoms with Crippen molar-refractivity contribution in [3.8, 4) is 0 Å². The van der Waals surface area contributed by atoms with Gasteiger partial charge in [0.15, 0.2) is 10.8 Å². The smallest absolute Gasteiger partial charge is 0.260 e. The summed E-state index contributed by atoms with van der Waals surface area (Å²) in [6.45, 7) is 0.0115. The van der Waals surface area contributed by atoms with Gasteiger partial charge in [-0.25, -0.2) is 18.1 Å². The number of imidazole rings is 1. The molecule has 4 N–H and O–H groups in total. The fourth-order valence-corrected chi connectivity index (χ4v) is 2.96. The normalized spacial score (nSPS) is 18.2. The summed E-state index contributed by atoms with van der Waals surface area (Å²) in [5.74, 6) is 0.183. The number of aromatic nitrogens is 2. The van der Waals surface area contributed by atoms with E-state index in [1.165, 1.54) is 10.9 Å². The van der Waals surface area contributed by atoms with Crippen molar-refractivity contribution in [2.24, 2.45) is 13.0 Å². The molecule has 1 aromatic rings. The van der Waals surface area contributed by atoms with Crippen molar-refractivity contribution in [2.75, 3.05) is 12.3 Å². The standard InChI is InChI=1S/C9H16N4O3S/c1-13-5-11-8(10)9(13)17(15,16)12-4-7(14)6-2-3-6/h5-7,12,14H,2-4,10H2,1H3. The molecule has 0 bridgehead atoms. The fraction of sp³-hybridized carbons (Fsp3) is 0.667. The molecular weight excluding hydrogens is 244 g/mol. The Morgan fingerprint density at radius 3 is 2.82 bits per heavy atom. The third kappa shape index (κ3) is 2.59. The molecule has 1 aliphatic rings.